The van der Waals surface area contributed by atoms with Gasteiger partial charge in [0.2, 0.25) is 0 Å². The van der Waals surface area contributed by atoms with Gasteiger partial charge in [-0.2, -0.15) is 0 Å². The van der Waals surface area contributed by atoms with Crippen molar-refractivity contribution in [1.82, 2.24) is 0 Å². The van der Waals surface area contributed by atoms with E-state index in [1.165, 1.54) is 0 Å². The Morgan fingerprint density at radius 3 is 2.50 bits per heavy atom. The largest absolute Gasteiger partial charge is 0.493 e. The number of alkyl halides is 1. The highest BCUT2D eigenvalue weighted by molar-refractivity contribution is 6.18. The first-order valence-electron chi connectivity index (χ1n) is 5.13. The molecule has 0 aliphatic carbocycles. The van der Waals surface area contributed by atoms with E-state index in [1.54, 1.807) is 0 Å². The van der Waals surface area contributed by atoms with Crippen molar-refractivity contribution >= 4 is 11.6 Å². The van der Waals surface area contributed by atoms with Crippen LogP contribution < -0.4 is 4.74 Å². The maximum atomic E-state index is 9.18. The van der Waals surface area contributed by atoms with E-state index in [0.29, 0.717) is 0 Å². The SMILES string of the molecule is Cc1cccc(OCC(CO)(CO)CCl)c1. The monoisotopic (exact) mass is 244 g/mol. The second-order valence-corrected chi connectivity index (χ2v) is 4.32. The fraction of sp³-hybridized carbons (Fsp3) is 0.500. The summed E-state index contributed by atoms with van der Waals surface area (Å²) in [6.45, 7) is 1.78. The summed E-state index contributed by atoms with van der Waals surface area (Å²) in [7, 11) is 0. The zero-order valence-electron chi connectivity index (χ0n) is 9.32. The van der Waals surface area contributed by atoms with Gasteiger partial charge in [-0.25, -0.2) is 0 Å². The number of halogens is 1. The lowest BCUT2D eigenvalue weighted by atomic mass is 9.94. The van der Waals surface area contributed by atoms with Crippen LogP contribution in [0.2, 0.25) is 0 Å². The molecule has 1 aromatic carbocycles. The summed E-state index contributed by atoms with van der Waals surface area (Å²) in [5.74, 6) is 0.877. The number of ether oxygens (including phenoxy) is 1. The summed E-state index contributed by atoms with van der Waals surface area (Å²) in [6, 6.07) is 7.60. The fourth-order valence-corrected chi connectivity index (χ4v) is 1.45. The number of aliphatic hydroxyl groups excluding tert-OH is 2. The molecule has 0 aromatic heterocycles. The molecule has 3 nitrogen and oxygen atoms in total. The van der Waals surface area contributed by atoms with Crippen LogP contribution in [0.25, 0.3) is 0 Å². The molecular formula is C12H17ClO3. The van der Waals surface area contributed by atoms with Gasteiger partial charge in [0.1, 0.15) is 5.75 Å². The molecule has 1 rings (SSSR count). The third-order valence-corrected chi connectivity index (χ3v) is 3.06. The minimum Gasteiger partial charge on any atom is -0.493 e. The van der Waals surface area contributed by atoms with E-state index in [1.807, 2.05) is 31.2 Å². The Hall–Kier alpha value is -0.770. The first kappa shape index (κ1) is 13.3. The van der Waals surface area contributed by atoms with Crippen molar-refractivity contribution in [3.8, 4) is 5.75 Å². The van der Waals surface area contributed by atoms with Crippen LogP contribution >= 0.6 is 11.6 Å². The normalized spacial score (nSPS) is 11.5. The molecule has 0 aliphatic heterocycles. The highest BCUT2D eigenvalue weighted by atomic mass is 35.5. The number of aryl methyl sites for hydroxylation is 1. The van der Waals surface area contributed by atoms with Crippen LogP contribution in [0.15, 0.2) is 24.3 Å². The molecule has 0 atom stereocenters. The average molecular weight is 245 g/mol. The topological polar surface area (TPSA) is 49.7 Å². The number of rotatable bonds is 6. The van der Waals surface area contributed by atoms with Crippen molar-refractivity contribution in [2.24, 2.45) is 5.41 Å². The molecule has 0 heterocycles. The van der Waals surface area contributed by atoms with Gasteiger partial charge in [0.05, 0.1) is 25.2 Å². The summed E-state index contributed by atoms with van der Waals surface area (Å²) in [5, 5.41) is 18.4. The van der Waals surface area contributed by atoms with Crippen LogP contribution in [0.4, 0.5) is 0 Å². The maximum absolute atomic E-state index is 9.18. The predicted octanol–water partition coefficient (Wildman–Crippen LogP) is 1.58. The zero-order valence-corrected chi connectivity index (χ0v) is 10.1. The van der Waals surface area contributed by atoms with Gasteiger partial charge in [-0.05, 0) is 24.6 Å². The summed E-state index contributed by atoms with van der Waals surface area (Å²) in [6.07, 6.45) is 0. The van der Waals surface area contributed by atoms with Gasteiger partial charge in [0.25, 0.3) is 0 Å². The van der Waals surface area contributed by atoms with E-state index in [-0.39, 0.29) is 25.7 Å². The standard InChI is InChI=1S/C12H17ClO3/c1-10-3-2-4-11(5-10)16-9-12(6-13,7-14)8-15/h2-5,14-15H,6-9H2,1H3. The molecule has 0 fully saturated rings. The predicted molar refractivity (Wildman–Crippen MR) is 64.0 cm³/mol. The van der Waals surface area contributed by atoms with Gasteiger partial charge in [0, 0.05) is 5.88 Å². The molecule has 16 heavy (non-hydrogen) atoms. The van der Waals surface area contributed by atoms with Crippen molar-refractivity contribution in [1.29, 1.82) is 0 Å². The highest BCUT2D eigenvalue weighted by Gasteiger charge is 2.29. The summed E-state index contributed by atoms with van der Waals surface area (Å²) in [5.41, 5.74) is 0.327. The van der Waals surface area contributed by atoms with Crippen molar-refractivity contribution in [2.45, 2.75) is 6.92 Å². The van der Waals surface area contributed by atoms with Gasteiger partial charge in [-0.3, -0.25) is 0 Å². The summed E-state index contributed by atoms with van der Waals surface area (Å²) in [4.78, 5) is 0. The molecule has 90 valence electrons. The number of hydrogen-bond donors (Lipinski definition) is 2. The van der Waals surface area contributed by atoms with Crippen molar-refractivity contribution < 1.29 is 14.9 Å². The molecule has 0 bridgehead atoms. The minimum absolute atomic E-state index is 0.159. The molecule has 0 saturated heterocycles. The van der Waals surface area contributed by atoms with Crippen LogP contribution in [0.3, 0.4) is 0 Å². The van der Waals surface area contributed by atoms with Gasteiger partial charge >= 0.3 is 0 Å². The van der Waals surface area contributed by atoms with Crippen LogP contribution in [0.5, 0.6) is 5.75 Å². The van der Waals surface area contributed by atoms with Crippen LogP contribution in [0, 0.1) is 12.3 Å². The quantitative estimate of drug-likeness (QED) is 0.747. The Morgan fingerprint density at radius 1 is 1.31 bits per heavy atom. The Morgan fingerprint density at radius 2 is 2.00 bits per heavy atom. The molecule has 0 aliphatic rings. The van der Waals surface area contributed by atoms with E-state index in [4.69, 9.17) is 16.3 Å². The second kappa shape index (κ2) is 6.09. The highest BCUT2D eigenvalue weighted by Crippen LogP contribution is 2.21. The molecule has 0 amide bonds. The number of benzene rings is 1. The molecule has 0 unspecified atom stereocenters. The summed E-state index contributed by atoms with van der Waals surface area (Å²) < 4.78 is 5.52. The second-order valence-electron chi connectivity index (χ2n) is 4.06. The lowest BCUT2D eigenvalue weighted by Gasteiger charge is -2.26. The van der Waals surface area contributed by atoms with Gasteiger partial charge < -0.3 is 14.9 Å². The molecule has 0 saturated carbocycles. The lowest BCUT2D eigenvalue weighted by molar-refractivity contribution is 0.0314. The average Bonchev–Trinajstić information content (AvgIpc) is 2.32. The Bertz CT molecular complexity index is 316. The van der Waals surface area contributed by atoms with E-state index < -0.39 is 5.41 Å². The van der Waals surface area contributed by atoms with Crippen LogP contribution in [0.1, 0.15) is 5.56 Å². The Balaban J connectivity index is 2.62. The minimum atomic E-state index is -0.773. The van der Waals surface area contributed by atoms with Gasteiger partial charge in [-0.15, -0.1) is 11.6 Å². The molecule has 0 spiro atoms. The first-order valence-corrected chi connectivity index (χ1v) is 5.66. The molecule has 1 aromatic rings. The first-order chi connectivity index (χ1) is 7.65. The van der Waals surface area contributed by atoms with Gasteiger partial charge in [0.15, 0.2) is 0 Å². The van der Waals surface area contributed by atoms with Crippen molar-refractivity contribution in [2.75, 3.05) is 25.7 Å². The van der Waals surface area contributed by atoms with E-state index in [2.05, 4.69) is 0 Å². The summed E-state index contributed by atoms with van der Waals surface area (Å²) >= 11 is 5.72. The van der Waals surface area contributed by atoms with Crippen LogP contribution in [-0.4, -0.2) is 35.9 Å². The van der Waals surface area contributed by atoms with Crippen molar-refractivity contribution in [3.05, 3.63) is 29.8 Å². The Kier molecular flexibility index (Phi) is 5.06. The molecule has 0 radical (unpaired) electrons. The zero-order chi connectivity index (χ0) is 12.0. The van der Waals surface area contributed by atoms with Crippen LogP contribution in [-0.2, 0) is 0 Å². The maximum Gasteiger partial charge on any atom is 0.119 e. The fourth-order valence-electron chi connectivity index (χ4n) is 1.21. The van der Waals surface area contributed by atoms with E-state index >= 15 is 0 Å². The smallest absolute Gasteiger partial charge is 0.119 e. The third-order valence-electron chi connectivity index (χ3n) is 2.49. The lowest BCUT2D eigenvalue weighted by Crippen LogP contribution is -2.38. The number of hydrogen-bond acceptors (Lipinski definition) is 3. The molecule has 4 heteroatoms. The van der Waals surface area contributed by atoms with Crippen molar-refractivity contribution in [3.63, 3.8) is 0 Å². The van der Waals surface area contributed by atoms with Gasteiger partial charge in [-0.1, -0.05) is 12.1 Å². The molecular weight excluding hydrogens is 228 g/mol. The number of aliphatic hydroxyl groups is 2. The Labute approximate surface area is 101 Å². The molecule has 2 N–H and O–H groups in total. The van der Waals surface area contributed by atoms with E-state index in [0.717, 1.165) is 11.3 Å². The third kappa shape index (κ3) is 3.37. The van der Waals surface area contributed by atoms with E-state index in [9.17, 15) is 10.2 Å².